The zero-order chi connectivity index (χ0) is 15.4. The lowest BCUT2D eigenvalue weighted by Gasteiger charge is -2.05. The predicted molar refractivity (Wildman–Crippen MR) is 81.3 cm³/mol. The van der Waals surface area contributed by atoms with E-state index in [4.69, 9.17) is 9.52 Å². The number of aliphatic hydroxyl groups is 1. The Labute approximate surface area is 123 Å². The van der Waals surface area contributed by atoms with Crippen LogP contribution in [0.5, 0.6) is 0 Å². The van der Waals surface area contributed by atoms with Crippen LogP contribution in [0.1, 0.15) is 33.0 Å². The van der Waals surface area contributed by atoms with Gasteiger partial charge in [0.05, 0.1) is 5.56 Å². The lowest BCUT2D eigenvalue weighted by molar-refractivity contribution is 0.102. The lowest BCUT2D eigenvalue weighted by atomic mass is 10.1. The molecule has 0 aliphatic heterocycles. The van der Waals surface area contributed by atoms with Gasteiger partial charge in [0, 0.05) is 16.8 Å². The molecule has 0 atom stereocenters. The summed E-state index contributed by atoms with van der Waals surface area (Å²) in [7, 11) is 0. The van der Waals surface area contributed by atoms with Crippen molar-refractivity contribution in [2.24, 2.45) is 0 Å². The largest absolute Gasteiger partial charge is 0.466 e. The predicted octanol–water partition coefficient (Wildman–Crippen LogP) is 2.80. The fourth-order valence-electron chi connectivity index (χ4n) is 2.14. The fraction of sp³-hybridized carbons (Fsp3) is 0.235. The highest BCUT2D eigenvalue weighted by atomic mass is 16.3. The monoisotopic (exact) mass is 283 g/mol. The van der Waals surface area contributed by atoms with Crippen LogP contribution in [-0.4, -0.2) is 17.6 Å². The van der Waals surface area contributed by atoms with Crippen LogP contribution >= 0.6 is 0 Å². The Hall–Kier alpha value is -2.51. The second kappa shape index (κ2) is 6.29. The zero-order valence-electron chi connectivity index (χ0n) is 12.3. The van der Waals surface area contributed by atoms with Gasteiger partial charge in [-0.1, -0.05) is 17.9 Å². The van der Waals surface area contributed by atoms with Crippen LogP contribution in [0.15, 0.2) is 28.7 Å². The molecule has 1 amide bonds. The van der Waals surface area contributed by atoms with Crippen molar-refractivity contribution < 1.29 is 14.3 Å². The van der Waals surface area contributed by atoms with Crippen LogP contribution in [0.4, 0.5) is 5.69 Å². The number of anilines is 1. The summed E-state index contributed by atoms with van der Waals surface area (Å²) in [5.41, 5.74) is 2.81. The van der Waals surface area contributed by atoms with Crippen LogP contribution in [0.2, 0.25) is 0 Å². The third kappa shape index (κ3) is 3.33. The van der Waals surface area contributed by atoms with Gasteiger partial charge in [-0.15, -0.1) is 0 Å². The Balaban J connectivity index is 2.24. The first kappa shape index (κ1) is 14.9. The van der Waals surface area contributed by atoms with Gasteiger partial charge in [0.25, 0.3) is 5.91 Å². The molecule has 4 heteroatoms. The summed E-state index contributed by atoms with van der Waals surface area (Å²) in [5.74, 6) is 6.54. The summed E-state index contributed by atoms with van der Waals surface area (Å²) in [6.45, 7) is 5.29. The van der Waals surface area contributed by atoms with E-state index in [1.807, 2.05) is 19.9 Å². The fourth-order valence-corrected chi connectivity index (χ4v) is 2.14. The molecule has 4 nitrogen and oxygen atoms in total. The molecule has 0 bridgehead atoms. The quantitative estimate of drug-likeness (QED) is 0.833. The Morgan fingerprint density at radius 3 is 2.67 bits per heavy atom. The lowest BCUT2D eigenvalue weighted by Crippen LogP contribution is -2.13. The summed E-state index contributed by atoms with van der Waals surface area (Å²) in [6, 6.07) is 7.17. The highest BCUT2D eigenvalue weighted by Gasteiger charge is 2.18. The van der Waals surface area contributed by atoms with Crippen molar-refractivity contribution in [3.8, 4) is 11.8 Å². The van der Waals surface area contributed by atoms with Gasteiger partial charge in [-0.2, -0.15) is 0 Å². The maximum absolute atomic E-state index is 12.3. The van der Waals surface area contributed by atoms with Crippen molar-refractivity contribution >= 4 is 11.6 Å². The molecular formula is C17H17NO3. The number of amides is 1. The number of carbonyl (C=O) groups excluding carboxylic acids is 1. The Kier molecular flexibility index (Phi) is 4.46. The Morgan fingerprint density at radius 1 is 1.29 bits per heavy atom. The van der Waals surface area contributed by atoms with E-state index < -0.39 is 0 Å². The minimum atomic E-state index is -0.200. The molecule has 1 aromatic carbocycles. The number of nitrogens with one attached hydrogen (secondary N) is 1. The Morgan fingerprint density at radius 2 is 2.05 bits per heavy atom. The highest BCUT2D eigenvalue weighted by molar-refractivity contribution is 6.06. The molecule has 1 aromatic heterocycles. The van der Waals surface area contributed by atoms with Crippen LogP contribution in [0, 0.1) is 32.6 Å². The number of rotatable bonds is 2. The number of furan rings is 1. The number of benzene rings is 1. The first-order valence-corrected chi connectivity index (χ1v) is 6.60. The molecule has 2 rings (SSSR count). The summed E-state index contributed by atoms with van der Waals surface area (Å²) >= 11 is 0. The Bertz CT molecular complexity index is 732. The number of aryl methyl sites for hydroxylation is 2. The van der Waals surface area contributed by atoms with E-state index in [-0.39, 0.29) is 12.5 Å². The number of aliphatic hydroxyl groups excluding tert-OH is 1. The minimum Gasteiger partial charge on any atom is -0.466 e. The van der Waals surface area contributed by atoms with Gasteiger partial charge < -0.3 is 14.8 Å². The summed E-state index contributed by atoms with van der Waals surface area (Å²) in [5, 5.41) is 11.5. The summed E-state index contributed by atoms with van der Waals surface area (Å²) in [6.07, 6.45) is 0. The average molecular weight is 283 g/mol. The zero-order valence-corrected chi connectivity index (χ0v) is 12.3. The number of hydrogen-bond acceptors (Lipinski definition) is 3. The third-order valence-corrected chi connectivity index (χ3v) is 3.22. The minimum absolute atomic E-state index is 0.191. The molecule has 2 aromatic rings. The van der Waals surface area contributed by atoms with E-state index in [0.29, 0.717) is 17.0 Å². The van der Waals surface area contributed by atoms with Crippen molar-refractivity contribution in [2.75, 3.05) is 11.9 Å². The van der Waals surface area contributed by atoms with Gasteiger partial charge in [-0.05, 0) is 39.0 Å². The van der Waals surface area contributed by atoms with Gasteiger partial charge in [0.15, 0.2) is 0 Å². The maximum atomic E-state index is 12.3. The maximum Gasteiger partial charge on any atom is 0.259 e. The first-order valence-electron chi connectivity index (χ1n) is 6.60. The number of carbonyl (C=O) groups is 1. The molecule has 2 N–H and O–H groups in total. The van der Waals surface area contributed by atoms with Crippen LogP contribution in [0.3, 0.4) is 0 Å². The van der Waals surface area contributed by atoms with Gasteiger partial charge in [0.2, 0.25) is 0 Å². The standard InChI is InChI=1S/C17H17NO3/c1-11-12(2)21-13(3)16(11)17(20)18-15-8-4-6-14(10-15)7-5-9-19/h4,6,8,10,19H,9H2,1-3H3,(H,18,20). The molecule has 1 heterocycles. The van der Waals surface area contributed by atoms with Crippen LogP contribution < -0.4 is 5.32 Å². The van der Waals surface area contributed by atoms with Crippen molar-refractivity contribution in [2.45, 2.75) is 20.8 Å². The van der Waals surface area contributed by atoms with Gasteiger partial charge in [0.1, 0.15) is 18.1 Å². The molecule has 108 valence electrons. The topological polar surface area (TPSA) is 62.5 Å². The van der Waals surface area contributed by atoms with Crippen LogP contribution in [-0.2, 0) is 0 Å². The molecule has 0 aliphatic rings. The number of hydrogen-bond donors (Lipinski definition) is 2. The van der Waals surface area contributed by atoms with E-state index in [9.17, 15) is 4.79 Å². The van der Waals surface area contributed by atoms with Gasteiger partial charge >= 0.3 is 0 Å². The van der Waals surface area contributed by atoms with E-state index in [0.717, 1.165) is 16.9 Å². The summed E-state index contributed by atoms with van der Waals surface area (Å²) in [4.78, 5) is 12.3. The van der Waals surface area contributed by atoms with E-state index in [1.54, 1.807) is 25.1 Å². The highest BCUT2D eigenvalue weighted by Crippen LogP contribution is 2.22. The van der Waals surface area contributed by atoms with Crippen molar-refractivity contribution in [1.29, 1.82) is 0 Å². The molecule has 0 saturated carbocycles. The van der Waals surface area contributed by atoms with Gasteiger partial charge in [-0.3, -0.25) is 4.79 Å². The van der Waals surface area contributed by atoms with Crippen molar-refractivity contribution in [3.05, 3.63) is 52.5 Å². The molecule has 0 radical (unpaired) electrons. The SMILES string of the molecule is Cc1oc(C)c(C(=O)Nc2cccc(C#CCO)c2)c1C. The second-order valence-electron chi connectivity index (χ2n) is 4.71. The summed E-state index contributed by atoms with van der Waals surface area (Å²) < 4.78 is 5.47. The molecule has 0 fully saturated rings. The molecule has 0 spiro atoms. The van der Waals surface area contributed by atoms with Crippen molar-refractivity contribution in [1.82, 2.24) is 0 Å². The van der Waals surface area contributed by atoms with E-state index in [2.05, 4.69) is 17.2 Å². The normalized spacial score (nSPS) is 9.90. The molecule has 0 unspecified atom stereocenters. The molecule has 21 heavy (non-hydrogen) atoms. The average Bonchev–Trinajstić information content (AvgIpc) is 2.70. The molecule has 0 saturated heterocycles. The van der Waals surface area contributed by atoms with Gasteiger partial charge in [-0.25, -0.2) is 0 Å². The first-order chi connectivity index (χ1) is 10.0. The smallest absolute Gasteiger partial charge is 0.259 e. The van der Waals surface area contributed by atoms with Crippen molar-refractivity contribution in [3.63, 3.8) is 0 Å². The van der Waals surface area contributed by atoms with Crippen LogP contribution in [0.25, 0.3) is 0 Å². The second-order valence-corrected chi connectivity index (χ2v) is 4.71. The molecular weight excluding hydrogens is 266 g/mol. The molecule has 0 aliphatic carbocycles. The third-order valence-electron chi connectivity index (χ3n) is 3.22. The van der Waals surface area contributed by atoms with E-state index >= 15 is 0 Å². The van der Waals surface area contributed by atoms with E-state index in [1.165, 1.54) is 0 Å².